The van der Waals surface area contributed by atoms with Gasteiger partial charge in [0.2, 0.25) is 5.78 Å². The number of aliphatic hydroxyl groups is 1. The summed E-state index contributed by atoms with van der Waals surface area (Å²) in [6.45, 7) is 9.05. The summed E-state index contributed by atoms with van der Waals surface area (Å²) in [5.74, 6) is 0.466. The van der Waals surface area contributed by atoms with Crippen molar-refractivity contribution in [3.8, 4) is 11.1 Å². The molecule has 11 nitrogen and oxygen atoms in total. The van der Waals surface area contributed by atoms with Gasteiger partial charge in [-0.2, -0.15) is 0 Å². The zero-order chi connectivity index (χ0) is 35.1. The molecule has 0 radical (unpaired) electrons. The molecule has 5 heterocycles. The minimum atomic E-state index is -0.423. The quantitative estimate of drug-likeness (QED) is 0.241. The Balaban J connectivity index is 1.07. The van der Waals surface area contributed by atoms with Crippen LogP contribution in [0.2, 0.25) is 5.02 Å². The Labute approximate surface area is 298 Å². The number of imidazole rings is 2. The van der Waals surface area contributed by atoms with Gasteiger partial charge in [0, 0.05) is 108 Å². The number of aromatic nitrogens is 4. The number of halogens is 1. The number of ether oxygens (including phenoxy) is 1. The number of nitrogens with one attached hydrogen (secondary N) is 1. The van der Waals surface area contributed by atoms with Gasteiger partial charge in [-0.3, -0.25) is 19.4 Å². The number of carbonyl (C=O) groups is 2. The SMILES string of the molecule is Cc1c(NC(=O)c2nc3c(n2C)CCN(C[C@H](C)O)C3)cccc1-c1cccc(CC(=O)c2nc3c(n2C)CCN(C2CCOCC2)C3)c1Cl. The second-order valence-electron chi connectivity index (χ2n) is 14.0. The predicted octanol–water partition coefficient (Wildman–Crippen LogP) is 4.74. The predicted molar refractivity (Wildman–Crippen MR) is 193 cm³/mol. The first-order valence-electron chi connectivity index (χ1n) is 17.6. The first kappa shape index (κ1) is 34.6. The molecule has 4 aromatic rings. The van der Waals surface area contributed by atoms with Crippen LogP contribution in [0.4, 0.5) is 5.69 Å². The highest BCUT2D eigenvalue weighted by Crippen LogP contribution is 2.36. The fourth-order valence-corrected chi connectivity index (χ4v) is 8.19. The van der Waals surface area contributed by atoms with Gasteiger partial charge in [0.1, 0.15) is 0 Å². The van der Waals surface area contributed by atoms with E-state index in [4.69, 9.17) is 26.3 Å². The van der Waals surface area contributed by atoms with Crippen LogP contribution < -0.4 is 5.32 Å². The van der Waals surface area contributed by atoms with Gasteiger partial charge >= 0.3 is 0 Å². The highest BCUT2D eigenvalue weighted by Gasteiger charge is 2.30. The highest BCUT2D eigenvalue weighted by atomic mass is 35.5. The van der Waals surface area contributed by atoms with Crippen LogP contribution in [0.25, 0.3) is 11.1 Å². The molecule has 12 heteroatoms. The Hall–Kier alpha value is -3.87. The van der Waals surface area contributed by atoms with Gasteiger partial charge in [0.05, 0.1) is 22.5 Å². The van der Waals surface area contributed by atoms with E-state index in [0.717, 1.165) is 104 Å². The highest BCUT2D eigenvalue weighted by molar-refractivity contribution is 6.34. The maximum Gasteiger partial charge on any atom is 0.291 e. The normalized spacial score (nSPS) is 17.7. The summed E-state index contributed by atoms with van der Waals surface area (Å²) >= 11 is 7.05. The third-order valence-corrected chi connectivity index (χ3v) is 11.1. The van der Waals surface area contributed by atoms with Crippen LogP contribution >= 0.6 is 11.6 Å². The number of rotatable bonds is 9. The molecule has 264 valence electrons. The number of hydrogen-bond donors (Lipinski definition) is 2. The molecule has 1 amide bonds. The van der Waals surface area contributed by atoms with Gasteiger partial charge in [-0.1, -0.05) is 41.9 Å². The number of benzene rings is 2. The van der Waals surface area contributed by atoms with E-state index in [-0.39, 0.29) is 18.1 Å². The number of hydrogen-bond acceptors (Lipinski definition) is 8. The number of aliphatic hydroxyl groups excluding tert-OH is 1. The van der Waals surface area contributed by atoms with E-state index in [1.165, 1.54) is 0 Å². The van der Waals surface area contributed by atoms with Crippen molar-refractivity contribution in [3.05, 3.63) is 87.0 Å². The van der Waals surface area contributed by atoms with Crippen molar-refractivity contribution in [2.24, 2.45) is 14.1 Å². The van der Waals surface area contributed by atoms with Gasteiger partial charge in [0.15, 0.2) is 11.6 Å². The second kappa shape index (κ2) is 14.4. The lowest BCUT2D eigenvalue weighted by Gasteiger charge is -2.36. The summed E-state index contributed by atoms with van der Waals surface area (Å²) in [5.41, 5.74) is 7.96. The Morgan fingerprint density at radius 1 is 0.960 bits per heavy atom. The molecule has 50 heavy (non-hydrogen) atoms. The van der Waals surface area contributed by atoms with E-state index >= 15 is 0 Å². The van der Waals surface area contributed by atoms with E-state index in [1.807, 2.05) is 66.6 Å². The molecule has 3 aliphatic heterocycles. The third-order valence-electron chi connectivity index (χ3n) is 10.6. The average Bonchev–Trinajstić information content (AvgIpc) is 3.62. The molecule has 1 fully saturated rings. The molecule has 1 atom stereocenters. The van der Waals surface area contributed by atoms with Crippen LogP contribution in [-0.2, 0) is 51.2 Å². The summed E-state index contributed by atoms with van der Waals surface area (Å²) in [5, 5.41) is 13.4. The van der Waals surface area contributed by atoms with Gasteiger partial charge in [0.25, 0.3) is 5.91 Å². The monoisotopic (exact) mass is 699 g/mol. The molecular weight excluding hydrogens is 654 g/mol. The Morgan fingerprint density at radius 3 is 2.38 bits per heavy atom. The van der Waals surface area contributed by atoms with E-state index in [2.05, 4.69) is 15.1 Å². The van der Waals surface area contributed by atoms with Gasteiger partial charge in [-0.05, 0) is 49.4 Å². The maximum absolute atomic E-state index is 13.7. The van der Waals surface area contributed by atoms with Crippen LogP contribution in [0.5, 0.6) is 0 Å². The fourth-order valence-electron chi connectivity index (χ4n) is 7.89. The summed E-state index contributed by atoms with van der Waals surface area (Å²) in [4.78, 5) is 41.5. The molecule has 7 rings (SSSR count). The zero-order valence-electron chi connectivity index (χ0n) is 29.3. The van der Waals surface area contributed by atoms with Gasteiger partial charge < -0.3 is 24.3 Å². The molecule has 3 aliphatic rings. The lowest BCUT2D eigenvalue weighted by molar-refractivity contribution is 0.0283. The second-order valence-corrected chi connectivity index (χ2v) is 14.4. The minimum absolute atomic E-state index is 0.0666. The maximum atomic E-state index is 13.7. The molecule has 1 saturated heterocycles. The smallest absolute Gasteiger partial charge is 0.291 e. The number of Topliss-reactive ketones (excluding diaryl/α,β-unsaturated/α-hetero) is 1. The first-order chi connectivity index (χ1) is 24.1. The number of amides is 1. The van der Waals surface area contributed by atoms with Gasteiger partial charge in [-0.25, -0.2) is 9.97 Å². The Morgan fingerprint density at radius 2 is 1.62 bits per heavy atom. The fraction of sp³-hybridized carbons (Fsp3) is 0.474. The van der Waals surface area contributed by atoms with Crippen molar-refractivity contribution < 1.29 is 19.4 Å². The van der Waals surface area contributed by atoms with Crippen molar-refractivity contribution in [1.82, 2.24) is 28.9 Å². The molecule has 2 aromatic carbocycles. The molecule has 2 N–H and O–H groups in total. The van der Waals surface area contributed by atoms with Crippen LogP contribution in [0, 0.1) is 6.92 Å². The Bertz CT molecular complexity index is 1930. The van der Waals surface area contributed by atoms with Gasteiger partial charge in [-0.15, -0.1) is 0 Å². The van der Waals surface area contributed by atoms with Crippen LogP contribution in [0.15, 0.2) is 36.4 Å². The van der Waals surface area contributed by atoms with Crippen LogP contribution in [0.3, 0.4) is 0 Å². The van der Waals surface area contributed by atoms with Crippen LogP contribution in [-0.4, -0.2) is 90.7 Å². The number of carbonyl (C=O) groups excluding carboxylic acids is 2. The number of nitrogens with zero attached hydrogens (tertiary/aromatic N) is 6. The Kier molecular flexibility index (Phi) is 9.96. The van der Waals surface area contributed by atoms with Crippen molar-refractivity contribution in [2.75, 3.05) is 38.2 Å². The van der Waals surface area contributed by atoms with E-state index in [0.29, 0.717) is 41.5 Å². The summed E-state index contributed by atoms with van der Waals surface area (Å²) < 4.78 is 9.41. The van der Waals surface area contributed by atoms with Crippen LogP contribution in [0.1, 0.15) is 74.9 Å². The largest absolute Gasteiger partial charge is 0.392 e. The number of fused-ring (bicyclic) bond motifs is 2. The first-order valence-corrected chi connectivity index (χ1v) is 18.0. The van der Waals surface area contributed by atoms with E-state index in [9.17, 15) is 14.7 Å². The minimum Gasteiger partial charge on any atom is -0.392 e. The molecule has 0 unspecified atom stereocenters. The number of anilines is 1. The lowest BCUT2D eigenvalue weighted by Crippen LogP contribution is -2.42. The summed E-state index contributed by atoms with van der Waals surface area (Å²) in [7, 11) is 3.82. The molecule has 0 spiro atoms. The zero-order valence-corrected chi connectivity index (χ0v) is 30.1. The molecular formula is C38H46ClN7O4. The molecule has 0 bridgehead atoms. The number of ketones is 1. The van der Waals surface area contributed by atoms with Crippen molar-refractivity contribution in [1.29, 1.82) is 0 Å². The summed E-state index contributed by atoms with van der Waals surface area (Å²) in [6.07, 6.45) is 3.42. The number of β-amino-alcohol motifs (C(OH)–C–C–N with tert-alkyl or cyclic N) is 1. The van der Waals surface area contributed by atoms with Crippen molar-refractivity contribution >= 4 is 29.0 Å². The summed E-state index contributed by atoms with van der Waals surface area (Å²) in [6, 6.07) is 12.0. The molecule has 0 aliphatic carbocycles. The molecule has 0 saturated carbocycles. The topological polar surface area (TPSA) is 118 Å². The van der Waals surface area contributed by atoms with E-state index < -0.39 is 6.10 Å². The standard InChI is InChI=1S/C38H46ClN7O4/c1-23(47)20-45-15-11-32-30(21-45)41-37(44(32)4)38(49)42-29-10-6-8-27(24(29)2)28-9-5-7-25(35(28)39)19-34(48)36-40-31-22-46(16-12-33(31)43(36)3)26-13-17-50-18-14-26/h5-10,23,26,47H,11-22H2,1-4H3,(H,42,49)/t23-/m0/s1. The van der Waals surface area contributed by atoms with E-state index in [1.54, 1.807) is 6.92 Å². The lowest BCUT2D eigenvalue weighted by atomic mass is 9.96. The van der Waals surface area contributed by atoms with Crippen molar-refractivity contribution in [2.45, 2.75) is 71.2 Å². The van der Waals surface area contributed by atoms with Crippen molar-refractivity contribution in [3.63, 3.8) is 0 Å². The average molecular weight is 700 g/mol. The molecule has 2 aromatic heterocycles. The third kappa shape index (κ3) is 6.77.